The topological polar surface area (TPSA) is 47.6 Å². The maximum Gasteiger partial charge on any atom is 0.223 e. The molecule has 17 heavy (non-hydrogen) atoms. The van der Waals surface area contributed by atoms with Crippen molar-refractivity contribution >= 4 is 5.91 Å². The maximum absolute atomic E-state index is 12.0. The second kappa shape index (κ2) is 9.42. The Hall–Kier alpha value is -0.610. The molecule has 0 heterocycles. The fourth-order valence-corrected chi connectivity index (χ4v) is 1.89. The van der Waals surface area contributed by atoms with Gasteiger partial charge in [-0.15, -0.1) is 0 Å². The molecule has 1 N–H and O–H groups in total. The minimum Gasteiger partial charge on any atom is -0.354 e. The SMILES string of the molecule is CCCCC(CC)C(=O)NC(C)C(OC)OC. The number of hydrogen-bond donors (Lipinski definition) is 1. The highest BCUT2D eigenvalue weighted by atomic mass is 16.7. The molecule has 0 saturated heterocycles. The number of carbonyl (C=O) groups is 1. The van der Waals surface area contributed by atoms with Crippen LogP contribution in [-0.2, 0) is 14.3 Å². The summed E-state index contributed by atoms with van der Waals surface area (Å²) in [5, 5.41) is 2.95. The quantitative estimate of drug-likeness (QED) is 0.634. The van der Waals surface area contributed by atoms with Crippen molar-refractivity contribution in [2.45, 2.75) is 58.8 Å². The van der Waals surface area contributed by atoms with Crippen LogP contribution >= 0.6 is 0 Å². The second-order valence-electron chi connectivity index (χ2n) is 4.38. The molecule has 0 aromatic rings. The normalized spacial score (nSPS) is 14.7. The Balaban J connectivity index is 4.19. The zero-order chi connectivity index (χ0) is 13.3. The Kier molecular flexibility index (Phi) is 9.09. The number of amides is 1. The number of nitrogens with one attached hydrogen (secondary N) is 1. The van der Waals surface area contributed by atoms with E-state index >= 15 is 0 Å². The summed E-state index contributed by atoms with van der Waals surface area (Å²) in [6, 6.07) is -0.131. The second-order valence-corrected chi connectivity index (χ2v) is 4.38. The van der Waals surface area contributed by atoms with E-state index < -0.39 is 0 Å². The van der Waals surface area contributed by atoms with Crippen LogP contribution in [0.15, 0.2) is 0 Å². The molecule has 0 aliphatic carbocycles. The zero-order valence-corrected chi connectivity index (χ0v) is 11.8. The first-order valence-corrected chi connectivity index (χ1v) is 6.46. The van der Waals surface area contributed by atoms with E-state index in [9.17, 15) is 4.79 Å². The molecule has 4 nitrogen and oxygen atoms in total. The van der Waals surface area contributed by atoms with Crippen LogP contribution in [0.25, 0.3) is 0 Å². The Morgan fingerprint density at radius 3 is 2.24 bits per heavy atom. The molecule has 0 aliphatic heterocycles. The standard InChI is InChI=1S/C13H27NO3/c1-6-8-9-11(7-2)12(15)14-10(3)13(16-4)17-5/h10-11,13H,6-9H2,1-5H3,(H,14,15). The molecular weight excluding hydrogens is 218 g/mol. The zero-order valence-electron chi connectivity index (χ0n) is 11.8. The first-order valence-electron chi connectivity index (χ1n) is 6.46. The van der Waals surface area contributed by atoms with Gasteiger partial charge in [-0.2, -0.15) is 0 Å². The Morgan fingerprint density at radius 1 is 1.24 bits per heavy atom. The lowest BCUT2D eigenvalue weighted by Gasteiger charge is -2.24. The van der Waals surface area contributed by atoms with E-state index in [1.807, 2.05) is 6.92 Å². The van der Waals surface area contributed by atoms with E-state index in [-0.39, 0.29) is 24.2 Å². The molecule has 0 aromatic carbocycles. The number of methoxy groups -OCH3 is 2. The Morgan fingerprint density at radius 2 is 1.82 bits per heavy atom. The molecule has 0 aliphatic rings. The molecule has 0 rings (SSSR count). The van der Waals surface area contributed by atoms with Gasteiger partial charge in [-0.25, -0.2) is 0 Å². The van der Waals surface area contributed by atoms with E-state index in [4.69, 9.17) is 9.47 Å². The van der Waals surface area contributed by atoms with Gasteiger partial charge in [-0.3, -0.25) is 4.79 Å². The number of unbranched alkanes of at least 4 members (excludes halogenated alkanes) is 1. The minimum absolute atomic E-state index is 0.103. The summed E-state index contributed by atoms with van der Waals surface area (Å²) < 4.78 is 10.2. The Labute approximate surface area is 105 Å². The van der Waals surface area contributed by atoms with Crippen LogP contribution < -0.4 is 5.32 Å². The summed E-state index contributed by atoms with van der Waals surface area (Å²) in [4.78, 5) is 12.0. The van der Waals surface area contributed by atoms with Crippen molar-refractivity contribution in [2.75, 3.05) is 14.2 Å². The van der Waals surface area contributed by atoms with Crippen molar-refractivity contribution in [1.29, 1.82) is 0 Å². The summed E-state index contributed by atoms with van der Waals surface area (Å²) in [6.07, 6.45) is 3.66. The molecule has 0 radical (unpaired) electrons. The minimum atomic E-state index is -0.386. The third-order valence-electron chi connectivity index (χ3n) is 3.01. The van der Waals surface area contributed by atoms with Crippen LogP contribution in [0.1, 0.15) is 46.5 Å². The van der Waals surface area contributed by atoms with Gasteiger partial charge in [0.1, 0.15) is 0 Å². The van der Waals surface area contributed by atoms with Crippen molar-refractivity contribution in [1.82, 2.24) is 5.32 Å². The lowest BCUT2D eigenvalue weighted by Crippen LogP contribution is -2.45. The van der Waals surface area contributed by atoms with Crippen LogP contribution in [0, 0.1) is 5.92 Å². The number of ether oxygens (including phenoxy) is 2. The van der Waals surface area contributed by atoms with Crippen LogP contribution in [0.4, 0.5) is 0 Å². The molecule has 0 aromatic heterocycles. The molecule has 0 fully saturated rings. The highest BCUT2D eigenvalue weighted by molar-refractivity contribution is 5.78. The summed E-state index contributed by atoms with van der Waals surface area (Å²) >= 11 is 0. The van der Waals surface area contributed by atoms with E-state index in [1.165, 1.54) is 0 Å². The van der Waals surface area contributed by atoms with Gasteiger partial charge in [0.05, 0.1) is 6.04 Å². The molecule has 2 unspecified atom stereocenters. The Bertz CT molecular complexity index is 205. The summed E-state index contributed by atoms with van der Waals surface area (Å²) in [5.74, 6) is 0.208. The predicted molar refractivity (Wildman–Crippen MR) is 68.7 cm³/mol. The van der Waals surface area contributed by atoms with Gasteiger partial charge < -0.3 is 14.8 Å². The molecule has 4 heteroatoms. The lowest BCUT2D eigenvalue weighted by molar-refractivity contribution is -0.138. The molecule has 2 atom stereocenters. The van der Waals surface area contributed by atoms with E-state index in [0.29, 0.717) is 0 Å². The van der Waals surface area contributed by atoms with Crippen LogP contribution in [0.5, 0.6) is 0 Å². The summed E-state index contributed by atoms with van der Waals surface area (Å²) in [6.45, 7) is 6.08. The molecular formula is C13H27NO3. The molecule has 1 amide bonds. The van der Waals surface area contributed by atoms with Crippen molar-refractivity contribution in [3.05, 3.63) is 0 Å². The lowest BCUT2D eigenvalue weighted by atomic mass is 9.98. The fraction of sp³-hybridized carbons (Fsp3) is 0.923. The first kappa shape index (κ1) is 16.4. The van der Waals surface area contributed by atoms with Gasteiger partial charge in [0.15, 0.2) is 6.29 Å². The number of hydrogen-bond acceptors (Lipinski definition) is 3. The average molecular weight is 245 g/mol. The van der Waals surface area contributed by atoms with Gasteiger partial charge in [-0.1, -0.05) is 26.7 Å². The highest BCUT2D eigenvalue weighted by Gasteiger charge is 2.22. The molecule has 0 saturated carbocycles. The smallest absolute Gasteiger partial charge is 0.223 e. The first-order chi connectivity index (χ1) is 8.10. The predicted octanol–water partition coefficient (Wildman–Crippen LogP) is 2.33. The van der Waals surface area contributed by atoms with Crippen LogP contribution in [-0.4, -0.2) is 32.5 Å². The maximum atomic E-state index is 12.0. The average Bonchev–Trinajstić information content (AvgIpc) is 2.31. The van der Waals surface area contributed by atoms with Crippen molar-refractivity contribution in [2.24, 2.45) is 5.92 Å². The van der Waals surface area contributed by atoms with E-state index in [1.54, 1.807) is 14.2 Å². The van der Waals surface area contributed by atoms with Gasteiger partial charge >= 0.3 is 0 Å². The van der Waals surface area contributed by atoms with Gasteiger partial charge in [0.2, 0.25) is 5.91 Å². The van der Waals surface area contributed by atoms with Gasteiger partial charge in [0, 0.05) is 20.1 Å². The third kappa shape index (κ3) is 6.03. The number of carbonyl (C=O) groups excluding carboxylic acids is 1. The van der Waals surface area contributed by atoms with Crippen molar-refractivity contribution in [3.63, 3.8) is 0 Å². The number of rotatable bonds is 9. The van der Waals surface area contributed by atoms with Crippen LogP contribution in [0.3, 0.4) is 0 Å². The van der Waals surface area contributed by atoms with E-state index in [2.05, 4.69) is 19.2 Å². The highest BCUT2D eigenvalue weighted by Crippen LogP contribution is 2.13. The molecule has 0 bridgehead atoms. The van der Waals surface area contributed by atoms with E-state index in [0.717, 1.165) is 25.7 Å². The van der Waals surface area contributed by atoms with Crippen molar-refractivity contribution < 1.29 is 14.3 Å². The van der Waals surface area contributed by atoms with Gasteiger partial charge in [-0.05, 0) is 19.8 Å². The largest absolute Gasteiger partial charge is 0.354 e. The molecule has 102 valence electrons. The van der Waals surface area contributed by atoms with Gasteiger partial charge in [0.25, 0.3) is 0 Å². The summed E-state index contributed by atoms with van der Waals surface area (Å²) in [5.41, 5.74) is 0. The van der Waals surface area contributed by atoms with Crippen molar-refractivity contribution in [3.8, 4) is 0 Å². The third-order valence-corrected chi connectivity index (χ3v) is 3.01. The molecule has 0 spiro atoms. The van der Waals surface area contributed by atoms with Crippen LogP contribution in [0.2, 0.25) is 0 Å². The monoisotopic (exact) mass is 245 g/mol. The fourth-order valence-electron chi connectivity index (χ4n) is 1.89. The summed E-state index contributed by atoms with van der Waals surface area (Å²) in [7, 11) is 3.15.